The van der Waals surface area contributed by atoms with Crippen molar-refractivity contribution >= 4 is 16.8 Å². The molecule has 0 saturated carbocycles. The van der Waals surface area contributed by atoms with Crippen molar-refractivity contribution in [2.45, 2.75) is 13.5 Å². The lowest BCUT2D eigenvalue weighted by Crippen LogP contribution is -2.24. The van der Waals surface area contributed by atoms with Crippen molar-refractivity contribution in [3.8, 4) is 17.4 Å². The van der Waals surface area contributed by atoms with Crippen molar-refractivity contribution in [3.63, 3.8) is 0 Å². The summed E-state index contributed by atoms with van der Waals surface area (Å²) >= 11 is 0. The summed E-state index contributed by atoms with van der Waals surface area (Å²) in [4.78, 5) is 21.6. The van der Waals surface area contributed by atoms with Gasteiger partial charge in [0.15, 0.2) is 0 Å². The summed E-state index contributed by atoms with van der Waals surface area (Å²) in [5.41, 5.74) is 2.88. The molecule has 33 heavy (non-hydrogen) atoms. The number of nitrogens with one attached hydrogen (secondary N) is 1. The summed E-state index contributed by atoms with van der Waals surface area (Å²) in [6, 6.07) is 20.7. The SMILES string of the molecule is COc1ccc2nc(C)c(C(=O)NCc3ccc(OCCOc4ccccc4)nc3)cc2c1. The van der Waals surface area contributed by atoms with E-state index in [1.165, 1.54) is 0 Å². The molecule has 0 spiro atoms. The van der Waals surface area contributed by atoms with Crippen LogP contribution in [0, 0.1) is 6.92 Å². The lowest BCUT2D eigenvalue weighted by atomic mass is 10.1. The van der Waals surface area contributed by atoms with E-state index in [2.05, 4.69) is 15.3 Å². The van der Waals surface area contributed by atoms with Crippen molar-refractivity contribution in [3.05, 3.63) is 89.7 Å². The minimum absolute atomic E-state index is 0.192. The van der Waals surface area contributed by atoms with Crippen LogP contribution in [0.4, 0.5) is 0 Å². The maximum atomic E-state index is 12.8. The van der Waals surface area contributed by atoms with E-state index < -0.39 is 0 Å². The molecule has 4 aromatic rings. The molecule has 168 valence electrons. The molecule has 2 heterocycles. The normalized spacial score (nSPS) is 10.6. The van der Waals surface area contributed by atoms with E-state index in [0.717, 1.165) is 28.0 Å². The molecule has 4 rings (SSSR count). The number of carbonyl (C=O) groups excluding carboxylic acids is 1. The van der Waals surface area contributed by atoms with Crippen molar-refractivity contribution in [2.75, 3.05) is 20.3 Å². The standard InChI is InChI=1S/C26H25N3O4/c1-18-23(15-20-14-22(31-2)9-10-24(20)29-18)26(30)28-17-19-8-11-25(27-16-19)33-13-12-32-21-6-4-3-5-7-21/h3-11,14-16H,12-13,17H2,1-2H3,(H,28,30). The van der Waals surface area contributed by atoms with Gasteiger partial charge in [-0.2, -0.15) is 0 Å². The third-order valence-electron chi connectivity index (χ3n) is 5.05. The van der Waals surface area contributed by atoms with Gasteiger partial charge in [-0.25, -0.2) is 4.98 Å². The molecule has 0 atom stereocenters. The van der Waals surface area contributed by atoms with Crippen molar-refractivity contribution < 1.29 is 19.0 Å². The monoisotopic (exact) mass is 443 g/mol. The number of nitrogens with zero attached hydrogens (tertiary/aromatic N) is 2. The summed E-state index contributed by atoms with van der Waals surface area (Å²) in [6.45, 7) is 2.98. The van der Waals surface area contributed by atoms with E-state index in [4.69, 9.17) is 14.2 Å². The van der Waals surface area contributed by atoms with Gasteiger partial charge in [-0.15, -0.1) is 0 Å². The first-order valence-electron chi connectivity index (χ1n) is 10.6. The molecule has 0 bridgehead atoms. The zero-order valence-electron chi connectivity index (χ0n) is 18.6. The second-order valence-corrected chi connectivity index (χ2v) is 7.38. The number of ether oxygens (including phenoxy) is 3. The number of methoxy groups -OCH3 is 1. The number of aryl methyl sites for hydroxylation is 1. The van der Waals surface area contributed by atoms with Crippen LogP contribution in [-0.2, 0) is 6.54 Å². The highest BCUT2D eigenvalue weighted by Crippen LogP contribution is 2.22. The van der Waals surface area contributed by atoms with Crippen LogP contribution < -0.4 is 19.5 Å². The predicted molar refractivity (Wildman–Crippen MR) is 126 cm³/mol. The second kappa shape index (κ2) is 10.5. The van der Waals surface area contributed by atoms with Gasteiger partial charge >= 0.3 is 0 Å². The first-order valence-corrected chi connectivity index (χ1v) is 10.6. The van der Waals surface area contributed by atoms with E-state index in [1.54, 1.807) is 19.4 Å². The van der Waals surface area contributed by atoms with Gasteiger partial charge in [0.05, 0.1) is 23.9 Å². The van der Waals surface area contributed by atoms with Gasteiger partial charge in [0.2, 0.25) is 5.88 Å². The Kier molecular flexibility index (Phi) is 6.99. The van der Waals surface area contributed by atoms with Gasteiger partial charge in [-0.1, -0.05) is 24.3 Å². The summed E-state index contributed by atoms with van der Waals surface area (Å²) in [6.07, 6.45) is 1.68. The lowest BCUT2D eigenvalue weighted by molar-refractivity contribution is 0.0950. The van der Waals surface area contributed by atoms with Crippen LogP contribution in [-0.4, -0.2) is 36.2 Å². The highest BCUT2D eigenvalue weighted by atomic mass is 16.5. The van der Waals surface area contributed by atoms with Crippen LogP contribution in [0.2, 0.25) is 0 Å². The van der Waals surface area contributed by atoms with Crippen LogP contribution in [0.15, 0.2) is 72.9 Å². The van der Waals surface area contributed by atoms with Gasteiger partial charge in [0.1, 0.15) is 24.7 Å². The Morgan fingerprint density at radius 3 is 2.52 bits per heavy atom. The fourth-order valence-electron chi connectivity index (χ4n) is 3.31. The molecule has 0 fully saturated rings. The molecule has 0 unspecified atom stereocenters. The third-order valence-corrected chi connectivity index (χ3v) is 5.05. The number of hydrogen-bond acceptors (Lipinski definition) is 6. The Labute approximate surface area is 192 Å². The Hall–Kier alpha value is -4.13. The van der Waals surface area contributed by atoms with E-state index in [1.807, 2.05) is 67.6 Å². The van der Waals surface area contributed by atoms with Crippen molar-refractivity contribution in [2.24, 2.45) is 0 Å². The van der Waals surface area contributed by atoms with E-state index >= 15 is 0 Å². The molecule has 1 amide bonds. The van der Waals surface area contributed by atoms with Crippen molar-refractivity contribution in [1.82, 2.24) is 15.3 Å². The number of benzene rings is 2. The largest absolute Gasteiger partial charge is 0.497 e. The Morgan fingerprint density at radius 2 is 1.76 bits per heavy atom. The summed E-state index contributed by atoms with van der Waals surface area (Å²) < 4.78 is 16.5. The molecular weight excluding hydrogens is 418 g/mol. The van der Waals surface area contributed by atoms with E-state index in [-0.39, 0.29) is 5.91 Å². The molecule has 1 N–H and O–H groups in total. The number of hydrogen-bond donors (Lipinski definition) is 1. The van der Waals surface area contributed by atoms with Gasteiger partial charge in [-0.3, -0.25) is 9.78 Å². The molecular formula is C26H25N3O4. The average molecular weight is 444 g/mol. The smallest absolute Gasteiger partial charge is 0.253 e. The second-order valence-electron chi connectivity index (χ2n) is 7.38. The minimum Gasteiger partial charge on any atom is -0.497 e. The summed E-state index contributed by atoms with van der Waals surface area (Å²) in [5.74, 6) is 1.84. The third kappa shape index (κ3) is 5.77. The zero-order valence-corrected chi connectivity index (χ0v) is 18.6. The summed E-state index contributed by atoms with van der Waals surface area (Å²) in [7, 11) is 1.61. The molecule has 2 aromatic heterocycles. The number of amides is 1. The Balaban J connectivity index is 1.29. The number of para-hydroxylation sites is 1. The van der Waals surface area contributed by atoms with Crippen LogP contribution in [0.3, 0.4) is 0 Å². The van der Waals surface area contributed by atoms with Gasteiger partial charge in [-0.05, 0) is 48.9 Å². The number of fused-ring (bicyclic) bond motifs is 1. The zero-order chi connectivity index (χ0) is 23.0. The van der Waals surface area contributed by atoms with E-state index in [9.17, 15) is 4.79 Å². The first-order chi connectivity index (χ1) is 16.1. The average Bonchev–Trinajstić information content (AvgIpc) is 2.86. The van der Waals surface area contributed by atoms with Crippen molar-refractivity contribution in [1.29, 1.82) is 0 Å². The molecule has 0 radical (unpaired) electrons. The predicted octanol–water partition coefficient (Wildman–Crippen LogP) is 4.33. The molecule has 7 heteroatoms. The topological polar surface area (TPSA) is 82.6 Å². The fourth-order valence-corrected chi connectivity index (χ4v) is 3.31. The number of pyridine rings is 2. The molecule has 2 aromatic carbocycles. The molecule has 0 aliphatic heterocycles. The maximum Gasteiger partial charge on any atom is 0.253 e. The highest BCUT2D eigenvalue weighted by molar-refractivity contribution is 5.98. The molecule has 0 aliphatic rings. The quantitative estimate of drug-likeness (QED) is 0.388. The number of aromatic nitrogens is 2. The Bertz CT molecular complexity index is 1230. The molecule has 7 nitrogen and oxygen atoms in total. The molecule has 0 saturated heterocycles. The van der Waals surface area contributed by atoms with Crippen LogP contribution in [0.5, 0.6) is 17.4 Å². The minimum atomic E-state index is -0.192. The Morgan fingerprint density at radius 1 is 0.939 bits per heavy atom. The maximum absolute atomic E-state index is 12.8. The lowest BCUT2D eigenvalue weighted by Gasteiger charge is -2.10. The van der Waals surface area contributed by atoms with Crippen LogP contribution in [0.25, 0.3) is 10.9 Å². The van der Waals surface area contributed by atoms with Crippen LogP contribution in [0.1, 0.15) is 21.6 Å². The van der Waals surface area contributed by atoms with E-state index in [0.29, 0.717) is 36.9 Å². The highest BCUT2D eigenvalue weighted by Gasteiger charge is 2.12. The first kappa shape index (κ1) is 22.1. The van der Waals surface area contributed by atoms with Gasteiger partial charge < -0.3 is 19.5 Å². The summed E-state index contributed by atoms with van der Waals surface area (Å²) in [5, 5.41) is 3.78. The fraction of sp³-hybridized carbons (Fsp3) is 0.192. The van der Waals surface area contributed by atoms with Gasteiger partial charge in [0.25, 0.3) is 5.91 Å². The number of rotatable bonds is 9. The number of carbonyl (C=O) groups is 1. The molecule has 0 aliphatic carbocycles. The van der Waals surface area contributed by atoms with Gasteiger partial charge in [0, 0.05) is 24.2 Å². The van der Waals surface area contributed by atoms with Crippen LogP contribution >= 0.6 is 0 Å².